The Balaban J connectivity index is 1.65. The molecule has 4 aromatic rings. The van der Waals surface area contributed by atoms with E-state index < -0.39 is 0 Å². The Morgan fingerprint density at radius 3 is 2.59 bits per heavy atom. The fourth-order valence-corrected chi connectivity index (χ4v) is 4.78. The quantitative estimate of drug-likeness (QED) is 0.296. The first-order chi connectivity index (χ1) is 16.6. The van der Waals surface area contributed by atoms with E-state index >= 15 is 0 Å². The van der Waals surface area contributed by atoms with Crippen LogP contribution in [0.25, 0.3) is 5.69 Å². The zero-order chi connectivity index (χ0) is 23.7. The maximum Gasteiger partial charge on any atom is 0.337 e. The SMILES string of the molecule is COC(=O)c1cccc(-n2cccc2[C@H]2[C@@H](c3ccccn3)NC(=S)N2c2ccc(Cl)cc2)c1. The van der Waals surface area contributed by atoms with Crippen molar-refractivity contribution in [3.8, 4) is 5.69 Å². The summed E-state index contributed by atoms with van der Waals surface area (Å²) in [5.41, 5.74) is 4.11. The molecule has 8 heteroatoms. The molecule has 170 valence electrons. The Morgan fingerprint density at radius 2 is 1.85 bits per heavy atom. The number of anilines is 1. The van der Waals surface area contributed by atoms with Crippen LogP contribution in [0, 0.1) is 0 Å². The highest BCUT2D eigenvalue weighted by Crippen LogP contribution is 2.42. The third-order valence-corrected chi connectivity index (χ3v) is 6.40. The van der Waals surface area contributed by atoms with Crippen LogP contribution in [-0.2, 0) is 4.74 Å². The molecule has 0 saturated carbocycles. The average molecular weight is 489 g/mol. The Bertz CT molecular complexity index is 1340. The highest BCUT2D eigenvalue weighted by Gasteiger charge is 2.42. The predicted molar refractivity (Wildman–Crippen MR) is 136 cm³/mol. The van der Waals surface area contributed by atoms with E-state index in [9.17, 15) is 4.79 Å². The maximum absolute atomic E-state index is 12.1. The van der Waals surface area contributed by atoms with Gasteiger partial charge in [-0.1, -0.05) is 23.7 Å². The zero-order valence-electron chi connectivity index (χ0n) is 18.3. The summed E-state index contributed by atoms with van der Waals surface area (Å²) >= 11 is 12.0. The molecule has 0 aliphatic carbocycles. The van der Waals surface area contributed by atoms with E-state index in [1.54, 1.807) is 12.3 Å². The number of carbonyl (C=O) groups excluding carboxylic acids is 1. The molecule has 34 heavy (non-hydrogen) atoms. The van der Waals surface area contributed by atoms with Gasteiger partial charge >= 0.3 is 5.97 Å². The number of methoxy groups -OCH3 is 1. The zero-order valence-corrected chi connectivity index (χ0v) is 19.8. The van der Waals surface area contributed by atoms with E-state index in [0.29, 0.717) is 15.7 Å². The number of esters is 1. The van der Waals surface area contributed by atoms with Gasteiger partial charge in [0.1, 0.15) is 6.04 Å². The van der Waals surface area contributed by atoms with E-state index in [4.69, 9.17) is 28.6 Å². The number of rotatable bonds is 5. The van der Waals surface area contributed by atoms with Crippen molar-refractivity contribution in [3.63, 3.8) is 0 Å². The molecule has 3 heterocycles. The summed E-state index contributed by atoms with van der Waals surface area (Å²) in [6, 6.07) is 24.5. The van der Waals surface area contributed by atoms with Crippen LogP contribution in [0.15, 0.2) is 91.3 Å². The molecule has 1 aliphatic rings. The molecule has 6 nitrogen and oxygen atoms in total. The number of benzene rings is 2. The minimum atomic E-state index is -0.381. The molecule has 2 atom stereocenters. The van der Waals surface area contributed by atoms with Crippen LogP contribution in [0.2, 0.25) is 5.02 Å². The highest BCUT2D eigenvalue weighted by atomic mass is 35.5. The second kappa shape index (κ2) is 9.29. The van der Waals surface area contributed by atoms with Gasteiger partial charge in [-0.05, 0) is 78.9 Å². The van der Waals surface area contributed by atoms with Crippen LogP contribution >= 0.6 is 23.8 Å². The first-order valence-corrected chi connectivity index (χ1v) is 11.5. The summed E-state index contributed by atoms with van der Waals surface area (Å²) in [6.07, 6.45) is 3.75. The Morgan fingerprint density at radius 1 is 1.03 bits per heavy atom. The number of nitrogens with one attached hydrogen (secondary N) is 1. The van der Waals surface area contributed by atoms with Gasteiger partial charge < -0.3 is 19.5 Å². The van der Waals surface area contributed by atoms with Crippen molar-refractivity contribution in [2.45, 2.75) is 12.1 Å². The highest BCUT2D eigenvalue weighted by molar-refractivity contribution is 7.80. The van der Waals surface area contributed by atoms with Gasteiger partial charge in [0.15, 0.2) is 5.11 Å². The molecule has 2 aromatic heterocycles. The number of thiocarbonyl (C=S) groups is 1. The van der Waals surface area contributed by atoms with Gasteiger partial charge in [-0.3, -0.25) is 4.98 Å². The number of hydrogen-bond donors (Lipinski definition) is 1. The van der Waals surface area contributed by atoms with Crippen molar-refractivity contribution in [2.75, 3.05) is 12.0 Å². The summed E-state index contributed by atoms with van der Waals surface area (Å²) in [4.78, 5) is 18.8. The molecule has 0 bridgehead atoms. The number of halogens is 1. The molecule has 1 saturated heterocycles. The Hall–Kier alpha value is -3.68. The normalized spacial score (nSPS) is 17.5. The van der Waals surface area contributed by atoms with E-state index in [-0.39, 0.29) is 18.1 Å². The van der Waals surface area contributed by atoms with Crippen molar-refractivity contribution in [3.05, 3.63) is 113 Å². The van der Waals surface area contributed by atoms with Crippen LogP contribution in [0.4, 0.5) is 5.69 Å². The predicted octanol–water partition coefficient (Wildman–Crippen LogP) is 5.49. The molecular formula is C26H21ClN4O2S. The molecule has 1 fully saturated rings. The Labute approximate surface area is 207 Å². The van der Waals surface area contributed by atoms with Gasteiger partial charge in [0.05, 0.1) is 24.4 Å². The molecule has 1 N–H and O–H groups in total. The lowest BCUT2D eigenvalue weighted by Gasteiger charge is -2.29. The third-order valence-electron chi connectivity index (χ3n) is 5.83. The van der Waals surface area contributed by atoms with E-state index in [2.05, 4.69) is 25.8 Å². The average Bonchev–Trinajstić information content (AvgIpc) is 3.49. The fourth-order valence-electron chi connectivity index (χ4n) is 4.31. The summed E-state index contributed by atoms with van der Waals surface area (Å²) < 4.78 is 6.97. The third kappa shape index (κ3) is 4.04. The smallest absolute Gasteiger partial charge is 0.337 e. The van der Waals surface area contributed by atoms with Crippen LogP contribution in [-0.4, -0.2) is 27.7 Å². The first-order valence-electron chi connectivity index (χ1n) is 10.7. The number of aromatic nitrogens is 2. The second-order valence-electron chi connectivity index (χ2n) is 7.82. The molecule has 2 aromatic carbocycles. The first kappa shape index (κ1) is 22.1. The number of hydrogen-bond acceptors (Lipinski definition) is 4. The van der Waals surface area contributed by atoms with Crippen molar-refractivity contribution in [1.29, 1.82) is 0 Å². The van der Waals surface area contributed by atoms with Crippen LogP contribution in [0.5, 0.6) is 0 Å². The largest absolute Gasteiger partial charge is 0.465 e. The van der Waals surface area contributed by atoms with E-state index in [0.717, 1.165) is 22.8 Å². The molecule has 1 aliphatic heterocycles. The summed E-state index contributed by atoms with van der Waals surface area (Å²) in [7, 11) is 1.38. The van der Waals surface area contributed by atoms with Crippen molar-refractivity contribution in [1.82, 2.24) is 14.9 Å². The maximum atomic E-state index is 12.1. The fraction of sp³-hybridized carbons (Fsp3) is 0.115. The summed E-state index contributed by atoms with van der Waals surface area (Å²) in [5, 5.41) is 4.72. The van der Waals surface area contributed by atoms with Crippen LogP contribution in [0.1, 0.15) is 33.8 Å². The summed E-state index contributed by atoms with van der Waals surface area (Å²) in [6.45, 7) is 0. The molecule has 0 radical (unpaired) electrons. The van der Waals surface area contributed by atoms with Crippen LogP contribution < -0.4 is 10.2 Å². The number of nitrogens with zero attached hydrogens (tertiary/aromatic N) is 3. The molecule has 0 unspecified atom stereocenters. The number of ether oxygens (including phenoxy) is 1. The lowest BCUT2D eigenvalue weighted by molar-refractivity contribution is 0.0600. The molecular weight excluding hydrogens is 468 g/mol. The lowest BCUT2D eigenvalue weighted by atomic mass is 10.0. The standard InChI is InChI=1S/C26H21ClN4O2S/c1-33-25(32)17-6-4-7-20(16-17)30-15-5-9-22(30)24-23(21-8-2-3-14-28-21)29-26(34)31(24)19-12-10-18(27)11-13-19/h2-16,23-24H,1H3,(H,29,34)/t23-,24+/m1/s1. The van der Waals surface area contributed by atoms with Crippen molar-refractivity contribution in [2.24, 2.45) is 0 Å². The van der Waals surface area contributed by atoms with Gasteiger partial charge in [0.25, 0.3) is 0 Å². The van der Waals surface area contributed by atoms with Gasteiger partial charge in [0.2, 0.25) is 0 Å². The van der Waals surface area contributed by atoms with Gasteiger partial charge in [-0.25, -0.2) is 4.79 Å². The number of carbonyl (C=O) groups is 1. The molecule has 0 spiro atoms. The van der Waals surface area contributed by atoms with Gasteiger partial charge in [0, 0.05) is 34.5 Å². The number of pyridine rings is 1. The van der Waals surface area contributed by atoms with Gasteiger partial charge in [-0.2, -0.15) is 0 Å². The van der Waals surface area contributed by atoms with Crippen molar-refractivity contribution >= 4 is 40.6 Å². The van der Waals surface area contributed by atoms with E-state index in [1.165, 1.54) is 7.11 Å². The lowest BCUT2D eigenvalue weighted by Crippen LogP contribution is -2.30. The van der Waals surface area contributed by atoms with Crippen LogP contribution in [0.3, 0.4) is 0 Å². The van der Waals surface area contributed by atoms with Crippen molar-refractivity contribution < 1.29 is 9.53 Å². The van der Waals surface area contributed by atoms with Gasteiger partial charge in [-0.15, -0.1) is 0 Å². The topological polar surface area (TPSA) is 59.4 Å². The Kier molecular flexibility index (Phi) is 6.04. The molecule has 0 amide bonds. The monoisotopic (exact) mass is 488 g/mol. The minimum absolute atomic E-state index is 0.193. The second-order valence-corrected chi connectivity index (χ2v) is 8.64. The van der Waals surface area contributed by atoms with E-state index in [1.807, 2.05) is 72.9 Å². The summed E-state index contributed by atoms with van der Waals surface area (Å²) in [5.74, 6) is -0.381. The minimum Gasteiger partial charge on any atom is -0.465 e. The molecule has 5 rings (SSSR count).